The lowest BCUT2D eigenvalue weighted by molar-refractivity contribution is -0.115. The number of carbonyl (C=O) groups excluding carboxylic acids is 1. The van der Waals surface area contributed by atoms with E-state index in [0.29, 0.717) is 0 Å². The van der Waals surface area contributed by atoms with Gasteiger partial charge in [-0.05, 0) is 68.5 Å². The van der Waals surface area contributed by atoms with Crippen molar-refractivity contribution >= 4 is 17.6 Å². The first-order valence-electron chi connectivity index (χ1n) is 11.5. The highest BCUT2D eigenvalue weighted by Crippen LogP contribution is 2.41. The maximum atomic E-state index is 10.5. The average molecular weight is 493 g/mol. The summed E-state index contributed by atoms with van der Waals surface area (Å²) in [4.78, 5) is 21.6. The number of nitrogens with one attached hydrogen (secondary N) is 1. The lowest BCUT2D eigenvalue weighted by atomic mass is 10.0. The second-order valence-corrected chi connectivity index (χ2v) is 9.28. The maximum absolute atomic E-state index is 10.5. The van der Waals surface area contributed by atoms with Gasteiger partial charge in [-0.25, -0.2) is 4.98 Å². The largest absolute Gasteiger partial charge is 0.490 e. The molecule has 1 aliphatic rings. The Bertz CT molecular complexity index is 1190. The molecular weight excluding hydrogens is 460 g/mol. The van der Waals surface area contributed by atoms with Crippen LogP contribution in [0.15, 0.2) is 42.6 Å². The molecule has 35 heavy (non-hydrogen) atoms. The molecule has 1 heterocycles. The van der Waals surface area contributed by atoms with Crippen LogP contribution in [0, 0.1) is 11.8 Å². The zero-order chi connectivity index (χ0) is 25.2. The molecule has 0 fully saturated rings. The van der Waals surface area contributed by atoms with Crippen molar-refractivity contribution in [2.24, 2.45) is 0 Å². The van der Waals surface area contributed by atoms with Gasteiger partial charge in [0.05, 0.1) is 22.6 Å². The summed E-state index contributed by atoms with van der Waals surface area (Å²) in [5, 5.41) is 0.954. The summed E-state index contributed by atoms with van der Waals surface area (Å²) in [6.07, 6.45) is 4.68. The molecule has 2 aromatic carbocycles. The highest BCUT2D eigenvalue weighted by molar-refractivity contribution is 7.18. The van der Waals surface area contributed by atoms with Gasteiger partial charge in [0.2, 0.25) is 0 Å². The van der Waals surface area contributed by atoms with E-state index in [2.05, 4.69) is 46.3 Å². The quantitative estimate of drug-likeness (QED) is 0.191. The number of fused-ring (bicyclic) bond motifs is 1. The van der Waals surface area contributed by atoms with E-state index in [-0.39, 0.29) is 18.8 Å². The van der Waals surface area contributed by atoms with E-state index < -0.39 is 0 Å². The molecule has 184 valence electrons. The third-order valence-electron chi connectivity index (χ3n) is 5.27. The molecule has 1 aromatic heterocycles. The molecule has 0 bridgehead atoms. The molecule has 1 unspecified atom stereocenters. The van der Waals surface area contributed by atoms with Gasteiger partial charge < -0.3 is 14.3 Å². The fraction of sp³-hybridized carbons (Fsp3) is 0.357. The number of hydrogen-bond acceptors (Lipinski definition) is 7. The number of nitrogens with zero attached hydrogens (tertiary/aromatic N) is 1. The van der Waals surface area contributed by atoms with E-state index >= 15 is 0 Å². The molecule has 0 radical (unpaired) electrons. The van der Waals surface area contributed by atoms with Crippen molar-refractivity contribution in [2.45, 2.75) is 45.8 Å². The van der Waals surface area contributed by atoms with E-state index in [1.54, 1.807) is 25.6 Å². The molecule has 1 N–H and O–H groups in total. The number of benzene rings is 2. The van der Waals surface area contributed by atoms with E-state index in [1.807, 2.05) is 39.1 Å². The van der Waals surface area contributed by atoms with Crippen molar-refractivity contribution in [2.75, 3.05) is 20.8 Å². The summed E-state index contributed by atoms with van der Waals surface area (Å²) >= 11 is 1.68. The van der Waals surface area contributed by atoms with Gasteiger partial charge in [0.1, 0.15) is 23.7 Å². The SMILES string of the molecule is CC#Cc1cc(-c2ncc(-c3cccc4c3CCC4NOCC=O)s2)ccc1OC(C)C.COC. The monoisotopic (exact) mass is 492 g/mol. The van der Waals surface area contributed by atoms with Crippen LogP contribution in [0.25, 0.3) is 21.0 Å². The van der Waals surface area contributed by atoms with Crippen molar-refractivity contribution < 1.29 is 19.1 Å². The average Bonchev–Trinajstić information content (AvgIpc) is 3.49. The predicted octanol–water partition coefficient (Wildman–Crippen LogP) is 5.61. The van der Waals surface area contributed by atoms with Gasteiger partial charge in [0.15, 0.2) is 0 Å². The van der Waals surface area contributed by atoms with E-state index in [4.69, 9.17) is 14.6 Å². The zero-order valence-corrected chi connectivity index (χ0v) is 21.7. The first-order chi connectivity index (χ1) is 17.0. The van der Waals surface area contributed by atoms with Gasteiger partial charge in [0.25, 0.3) is 0 Å². The molecular formula is C28H32N2O4S. The Hall–Kier alpha value is -3.02. The molecule has 4 rings (SSSR count). The van der Waals surface area contributed by atoms with Crippen molar-refractivity contribution in [3.05, 3.63) is 59.3 Å². The Balaban J connectivity index is 0.00000108. The highest BCUT2D eigenvalue weighted by Gasteiger charge is 2.25. The standard InChI is InChI=1S/C26H26N2O3S.C2H6O/c1-4-6-18-15-19(9-12-24(18)31-17(2)3)26-27-16-25(32-26)22-8-5-7-21-20(22)10-11-23(21)28-30-14-13-29;1-3-2/h5,7-9,12-13,15-17,23,28H,10-11,14H2,1-3H3;1-2H3. The summed E-state index contributed by atoms with van der Waals surface area (Å²) in [6, 6.07) is 12.5. The number of ether oxygens (including phenoxy) is 2. The highest BCUT2D eigenvalue weighted by atomic mass is 32.1. The van der Waals surface area contributed by atoms with Crippen LogP contribution in [0.1, 0.15) is 49.9 Å². The number of aromatic nitrogens is 1. The first-order valence-corrected chi connectivity index (χ1v) is 12.4. The summed E-state index contributed by atoms with van der Waals surface area (Å²) in [6.45, 7) is 5.90. The second-order valence-electron chi connectivity index (χ2n) is 8.25. The number of rotatable bonds is 8. The lowest BCUT2D eigenvalue weighted by Gasteiger charge is -2.13. The van der Waals surface area contributed by atoms with Gasteiger partial charge in [-0.15, -0.1) is 17.3 Å². The summed E-state index contributed by atoms with van der Waals surface area (Å²) in [5.74, 6) is 6.92. The number of thiazole rings is 1. The Kier molecular flexibility index (Phi) is 10.0. The Morgan fingerprint density at radius 1 is 1.26 bits per heavy atom. The smallest absolute Gasteiger partial charge is 0.147 e. The van der Waals surface area contributed by atoms with Crippen LogP contribution in [0.3, 0.4) is 0 Å². The van der Waals surface area contributed by atoms with Crippen molar-refractivity contribution in [3.8, 4) is 38.6 Å². The molecule has 0 aliphatic heterocycles. The van der Waals surface area contributed by atoms with Gasteiger partial charge in [0, 0.05) is 26.0 Å². The van der Waals surface area contributed by atoms with E-state index in [9.17, 15) is 4.79 Å². The van der Waals surface area contributed by atoms with Crippen LogP contribution in [-0.2, 0) is 20.8 Å². The number of methoxy groups -OCH3 is 1. The number of hydroxylamine groups is 1. The second kappa shape index (κ2) is 13.2. The topological polar surface area (TPSA) is 69.7 Å². The van der Waals surface area contributed by atoms with Crippen LogP contribution in [0.2, 0.25) is 0 Å². The maximum Gasteiger partial charge on any atom is 0.147 e. The van der Waals surface area contributed by atoms with Crippen LogP contribution >= 0.6 is 11.3 Å². The molecule has 0 amide bonds. The molecule has 6 nitrogen and oxygen atoms in total. The predicted molar refractivity (Wildman–Crippen MR) is 140 cm³/mol. The number of hydrogen-bond donors (Lipinski definition) is 1. The Morgan fingerprint density at radius 3 is 2.77 bits per heavy atom. The lowest BCUT2D eigenvalue weighted by Crippen LogP contribution is -2.20. The molecule has 3 aromatic rings. The van der Waals surface area contributed by atoms with E-state index in [0.717, 1.165) is 45.9 Å². The summed E-state index contributed by atoms with van der Waals surface area (Å²) in [7, 11) is 3.25. The van der Waals surface area contributed by atoms with Gasteiger partial charge in [-0.1, -0.05) is 24.1 Å². The number of aldehydes is 1. The van der Waals surface area contributed by atoms with Crippen molar-refractivity contribution in [1.29, 1.82) is 0 Å². The first kappa shape index (κ1) is 26.6. The molecule has 0 spiro atoms. The molecule has 1 aliphatic carbocycles. The minimum absolute atomic E-state index is 0.0507. The van der Waals surface area contributed by atoms with Crippen LogP contribution in [0.4, 0.5) is 0 Å². The van der Waals surface area contributed by atoms with Crippen molar-refractivity contribution in [3.63, 3.8) is 0 Å². The normalized spacial score (nSPS) is 13.9. The van der Waals surface area contributed by atoms with Crippen LogP contribution < -0.4 is 10.2 Å². The third-order valence-corrected chi connectivity index (χ3v) is 6.35. The number of carbonyl (C=O) groups is 1. The van der Waals surface area contributed by atoms with Crippen LogP contribution in [0.5, 0.6) is 5.75 Å². The molecule has 0 saturated carbocycles. The molecule has 0 saturated heterocycles. The van der Waals surface area contributed by atoms with Crippen molar-refractivity contribution in [1.82, 2.24) is 10.5 Å². The third kappa shape index (κ3) is 6.77. The van der Waals surface area contributed by atoms with Gasteiger partial charge in [-0.3, -0.25) is 4.84 Å². The molecule has 7 heteroatoms. The zero-order valence-electron chi connectivity index (χ0n) is 20.9. The van der Waals surface area contributed by atoms with Gasteiger partial charge in [-0.2, -0.15) is 5.48 Å². The van der Waals surface area contributed by atoms with Crippen LogP contribution in [-0.4, -0.2) is 38.2 Å². The minimum atomic E-state index is 0.0507. The fourth-order valence-corrected chi connectivity index (χ4v) is 4.94. The molecule has 1 atom stereocenters. The Labute approximate surface area is 211 Å². The van der Waals surface area contributed by atoms with E-state index in [1.165, 1.54) is 16.7 Å². The minimum Gasteiger partial charge on any atom is -0.490 e. The fourth-order valence-electron chi connectivity index (χ4n) is 3.97. The van der Waals surface area contributed by atoms with Gasteiger partial charge >= 0.3 is 0 Å². The summed E-state index contributed by atoms with van der Waals surface area (Å²) < 4.78 is 10.2. The summed E-state index contributed by atoms with van der Waals surface area (Å²) in [5.41, 5.74) is 8.67. The Morgan fingerprint density at radius 2 is 2.06 bits per heavy atom.